The second kappa shape index (κ2) is 11.2. The number of rotatable bonds is 5. The van der Waals surface area contributed by atoms with Crippen LogP contribution in [0.5, 0.6) is 0 Å². The summed E-state index contributed by atoms with van der Waals surface area (Å²) in [6.07, 6.45) is 0. The van der Waals surface area contributed by atoms with Gasteiger partial charge in [-0.2, -0.15) is 0 Å². The topological polar surface area (TPSA) is 16.4 Å². The van der Waals surface area contributed by atoms with E-state index < -0.39 is 0 Å². The summed E-state index contributed by atoms with van der Waals surface area (Å²) in [6, 6.07) is 63.3. The SMILES string of the molecule is c1cc(-c2ccc3sc4ccccc4c3c2)cc(N(c2ccccc2-c2cccc3ccccc23)c2cccc3oc4ccccc4c23)c1. The van der Waals surface area contributed by atoms with Crippen LogP contribution < -0.4 is 4.90 Å². The molecule has 2 nitrogen and oxygen atoms in total. The predicted molar refractivity (Wildman–Crippen MR) is 210 cm³/mol. The third kappa shape index (κ3) is 4.55. The van der Waals surface area contributed by atoms with Crippen molar-refractivity contribution in [1.29, 1.82) is 0 Å². The average molecular weight is 644 g/mol. The van der Waals surface area contributed by atoms with E-state index in [1.165, 1.54) is 53.2 Å². The summed E-state index contributed by atoms with van der Waals surface area (Å²) in [4.78, 5) is 2.42. The Morgan fingerprint density at radius 3 is 2.02 bits per heavy atom. The highest BCUT2D eigenvalue weighted by atomic mass is 32.1. The van der Waals surface area contributed by atoms with Gasteiger partial charge in [0.25, 0.3) is 0 Å². The molecule has 230 valence electrons. The maximum atomic E-state index is 6.42. The molecule has 0 unspecified atom stereocenters. The minimum Gasteiger partial charge on any atom is -0.456 e. The third-order valence-corrected chi connectivity index (χ3v) is 10.8. The molecule has 0 N–H and O–H groups in total. The molecule has 0 saturated carbocycles. The van der Waals surface area contributed by atoms with Crippen LogP contribution in [0.1, 0.15) is 0 Å². The Balaban J connectivity index is 1.23. The van der Waals surface area contributed by atoms with Gasteiger partial charge in [-0.15, -0.1) is 11.3 Å². The first-order valence-corrected chi connectivity index (χ1v) is 17.4. The second-order valence-electron chi connectivity index (χ2n) is 12.5. The smallest absolute Gasteiger partial charge is 0.137 e. The maximum Gasteiger partial charge on any atom is 0.137 e. The molecule has 0 atom stereocenters. The molecule has 2 heterocycles. The maximum absolute atomic E-state index is 6.42. The standard InChI is InChI=1S/C46H29NOS/c1-2-16-34-30(12-1)13-10-20-35(34)36-17-3-6-21-40(36)47(41-22-11-24-43-46(41)38-19-4-7-23-42(38)48-43)33-15-9-14-31(28-33)32-26-27-45-39(29-32)37-18-5-8-25-44(37)49-45/h1-29H. The van der Waals surface area contributed by atoms with Crippen molar-refractivity contribution in [3.63, 3.8) is 0 Å². The quantitative estimate of drug-likeness (QED) is 0.186. The largest absolute Gasteiger partial charge is 0.456 e. The Bertz CT molecular complexity index is 2850. The molecular weight excluding hydrogens is 615 g/mol. The Hall–Kier alpha value is -6.16. The van der Waals surface area contributed by atoms with E-state index in [-0.39, 0.29) is 0 Å². The summed E-state index contributed by atoms with van der Waals surface area (Å²) in [6.45, 7) is 0. The fourth-order valence-corrected chi connectivity index (χ4v) is 8.52. The first-order chi connectivity index (χ1) is 24.3. The van der Waals surface area contributed by atoms with Gasteiger partial charge in [-0.05, 0) is 82.1 Å². The van der Waals surface area contributed by atoms with Crippen LogP contribution in [0.2, 0.25) is 0 Å². The van der Waals surface area contributed by atoms with Gasteiger partial charge in [0, 0.05) is 36.8 Å². The van der Waals surface area contributed by atoms with E-state index in [1.54, 1.807) is 0 Å². The Morgan fingerprint density at radius 1 is 0.408 bits per heavy atom. The predicted octanol–water partition coefficient (Wildman–Crippen LogP) is 13.9. The number of nitrogens with zero attached hydrogens (tertiary/aromatic N) is 1. The molecule has 10 rings (SSSR count). The number of anilines is 3. The summed E-state index contributed by atoms with van der Waals surface area (Å²) < 4.78 is 9.05. The molecule has 49 heavy (non-hydrogen) atoms. The first-order valence-electron chi connectivity index (χ1n) is 16.6. The van der Waals surface area contributed by atoms with Gasteiger partial charge in [-0.3, -0.25) is 0 Å². The number of hydrogen-bond donors (Lipinski definition) is 0. The molecule has 0 aliphatic rings. The minimum atomic E-state index is 0.872. The average Bonchev–Trinajstić information content (AvgIpc) is 3.74. The van der Waals surface area contributed by atoms with E-state index in [1.807, 2.05) is 17.4 Å². The normalized spacial score (nSPS) is 11.7. The van der Waals surface area contributed by atoms with Crippen molar-refractivity contribution < 1.29 is 4.42 Å². The van der Waals surface area contributed by atoms with Gasteiger partial charge in [0.15, 0.2) is 0 Å². The second-order valence-corrected chi connectivity index (χ2v) is 13.6. The zero-order chi connectivity index (χ0) is 32.3. The summed E-state index contributed by atoms with van der Waals surface area (Å²) in [5, 5.41) is 7.27. The monoisotopic (exact) mass is 643 g/mol. The molecule has 8 aromatic carbocycles. The molecule has 2 aromatic heterocycles. The van der Waals surface area contributed by atoms with Crippen LogP contribution in [0.15, 0.2) is 180 Å². The van der Waals surface area contributed by atoms with Gasteiger partial charge < -0.3 is 9.32 Å². The van der Waals surface area contributed by atoms with Crippen LogP contribution in [0.3, 0.4) is 0 Å². The molecule has 0 aliphatic heterocycles. The van der Waals surface area contributed by atoms with Gasteiger partial charge in [0.2, 0.25) is 0 Å². The third-order valence-electron chi connectivity index (χ3n) is 9.66. The fraction of sp³-hybridized carbons (Fsp3) is 0. The first kappa shape index (κ1) is 27.9. The fourth-order valence-electron chi connectivity index (χ4n) is 7.44. The highest BCUT2D eigenvalue weighted by Gasteiger charge is 2.22. The summed E-state index contributed by atoms with van der Waals surface area (Å²) >= 11 is 1.85. The lowest BCUT2D eigenvalue weighted by Crippen LogP contribution is -2.11. The van der Waals surface area contributed by atoms with Crippen LogP contribution in [-0.4, -0.2) is 0 Å². The molecule has 10 aromatic rings. The van der Waals surface area contributed by atoms with Crippen molar-refractivity contribution in [1.82, 2.24) is 0 Å². The van der Waals surface area contributed by atoms with E-state index in [0.717, 1.165) is 39.0 Å². The minimum absolute atomic E-state index is 0.872. The number of thiophene rings is 1. The van der Waals surface area contributed by atoms with Crippen molar-refractivity contribution >= 4 is 81.3 Å². The number of fused-ring (bicyclic) bond motifs is 7. The Labute approximate surface area is 287 Å². The lowest BCUT2D eigenvalue weighted by atomic mass is 9.95. The number of furan rings is 1. The van der Waals surface area contributed by atoms with Crippen molar-refractivity contribution in [3.05, 3.63) is 176 Å². The molecular formula is C46H29NOS. The van der Waals surface area contributed by atoms with Gasteiger partial charge in [-0.1, -0.05) is 121 Å². The van der Waals surface area contributed by atoms with Crippen LogP contribution in [0, 0.1) is 0 Å². The van der Waals surface area contributed by atoms with E-state index in [9.17, 15) is 0 Å². The zero-order valence-electron chi connectivity index (χ0n) is 26.5. The number of benzene rings is 8. The Kier molecular flexibility index (Phi) is 6.39. The lowest BCUT2D eigenvalue weighted by molar-refractivity contribution is 0.669. The van der Waals surface area contributed by atoms with E-state index in [0.29, 0.717) is 0 Å². The zero-order valence-corrected chi connectivity index (χ0v) is 27.3. The highest BCUT2D eigenvalue weighted by molar-refractivity contribution is 7.25. The van der Waals surface area contributed by atoms with Crippen molar-refractivity contribution in [2.75, 3.05) is 4.90 Å². The van der Waals surface area contributed by atoms with Gasteiger partial charge in [0.05, 0.1) is 16.8 Å². The van der Waals surface area contributed by atoms with Crippen molar-refractivity contribution in [2.24, 2.45) is 0 Å². The van der Waals surface area contributed by atoms with Crippen LogP contribution >= 0.6 is 11.3 Å². The van der Waals surface area contributed by atoms with Crippen LogP contribution in [0.4, 0.5) is 17.1 Å². The van der Waals surface area contributed by atoms with E-state index in [2.05, 4.69) is 175 Å². The molecule has 3 heteroatoms. The van der Waals surface area contributed by atoms with Crippen molar-refractivity contribution in [2.45, 2.75) is 0 Å². The summed E-state index contributed by atoms with van der Waals surface area (Å²) in [5.74, 6) is 0. The van der Waals surface area contributed by atoms with Crippen LogP contribution in [-0.2, 0) is 0 Å². The van der Waals surface area contributed by atoms with E-state index >= 15 is 0 Å². The van der Waals surface area contributed by atoms with Gasteiger partial charge in [-0.25, -0.2) is 0 Å². The molecule has 0 bridgehead atoms. The molecule has 0 radical (unpaired) electrons. The number of para-hydroxylation sites is 2. The summed E-state index contributed by atoms with van der Waals surface area (Å²) in [7, 11) is 0. The Morgan fingerprint density at radius 2 is 1.06 bits per heavy atom. The molecule has 0 saturated heterocycles. The number of hydrogen-bond acceptors (Lipinski definition) is 3. The lowest BCUT2D eigenvalue weighted by Gasteiger charge is -2.29. The van der Waals surface area contributed by atoms with Gasteiger partial charge >= 0.3 is 0 Å². The summed E-state index contributed by atoms with van der Waals surface area (Å²) in [5.41, 5.74) is 9.76. The molecule has 0 amide bonds. The van der Waals surface area contributed by atoms with Gasteiger partial charge in [0.1, 0.15) is 11.2 Å². The highest BCUT2D eigenvalue weighted by Crippen LogP contribution is 2.47. The molecule has 0 spiro atoms. The van der Waals surface area contributed by atoms with Crippen molar-refractivity contribution in [3.8, 4) is 22.3 Å². The van der Waals surface area contributed by atoms with Crippen LogP contribution in [0.25, 0.3) is 75.1 Å². The van der Waals surface area contributed by atoms with E-state index in [4.69, 9.17) is 4.42 Å². The molecule has 0 fully saturated rings. The molecule has 0 aliphatic carbocycles.